The molecule has 0 radical (unpaired) electrons. The molecule has 0 aliphatic rings. The Labute approximate surface area is 171 Å². The Kier molecular flexibility index (Phi) is 4.26. The number of fused-ring (bicyclic) bond motifs is 1. The molecule has 142 valence electrons. The molecule has 0 unspecified atom stereocenters. The van der Waals surface area contributed by atoms with E-state index in [1.807, 2.05) is 53.9 Å². The van der Waals surface area contributed by atoms with Crippen LogP contribution in [0.2, 0.25) is 0 Å². The van der Waals surface area contributed by atoms with E-state index < -0.39 is 9.84 Å². The van der Waals surface area contributed by atoms with E-state index in [1.165, 1.54) is 17.5 Å². The molecule has 0 saturated heterocycles. The molecule has 0 N–H and O–H groups in total. The average Bonchev–Trinajstić information content (AvgIpc) is 3.44. The summed E-state index contributed by atoms with van der Waals surface area (Å²) in [6.45, 7) is 0. The van der Waals surface area contributed by atoms with Crippen LogP contribution < -0.4 is 0 Å². The van der Waals surface area contributed by atoms with Crippen molar-refractivity contribution in [2.24, 2.45) is 0 Å². The maximum absolute atomic E-state index is 13.4. The van der Waals surface area contributed by atoms with Crippen LogP contribution in [-0.4, -0.2) is 23.0 Å². The first kappa shape index (κ1) is 17.8. The fourth-order valence-corrected chi connectivity index (χ4v) is 5.48. The van der Waals surface area contributed by atoms with Crippen molar-refractivity contribution in [2.75, 3.05) is 0 Å². The van der Waals surface area contributed by atoms with E-state index in [1.54, 1.807) is 34.8 Å². The van der Waals surface area contributed by atoms with Crippen LogP contribution in [0.4, 0.5) is 0 Å². The number of nitrogens with zero attached hydrogens (tertiary/aromatic N) is 3. The molecular weight excluding hydrogens is 402 g/mol. The van der Waals surface area contributed by atoms with Gasteiger partial charge in [-0.2, -0.15) is 5.10 Å². The Hall–Kier alpha value is -3.29. The molecule has 0 atom stereocenters. The fraction of sp³-hybridized carbons (Fsp3) is 0. The van der Waals surface area contributed by atoms with Gasteiger partial charge < -0.3 is 0 Å². The van der Waals surface area contributed by atoms with Crippen molar-refractivity contribution in [3.8, 4) is 21.8 Å². The lowest BCUT2D eigenvalue weighted by atomic mass is 10.2. The van der Waals surface area contributed by atoms with Crippen molar-refractivity contribution < 1.29 is 8.42 Å². The number of aromatic nitrogens is 3. The van der Waals surface area contributed by atoms with Crippen LogP contribution in [0.1, 0.15) is 0 Å². The molecule has 0 saturated carbocycles. The number of sulfone groups is 1. The van der Waals surface area contributed by atoms with Crippen LogP contribution in [0.25, 0.3) is 27.5 Å². The molecule has 0 bridgehead atoms. The summed E-state index contributed by atoms with van der Waals surface area (Å²) in [6, 6.07) is 23.8. The second-order valence-electron chi connectivity index (χ2n) is 6.43. The Bertz CT molecular complexity index is 1390. The van der Waals surface area contributed by atoms with Gasteiger partial charge in [0, 0.05) is 11.6 Å². The summed E-state index contributed by atoms with van der Waals surface area (Å²) >= 11 is 1.47. The van der Waals surface area contributed by atoms with Crippen LogP contribution in [0, 0.1) is 0 Å². The Morgan fingerprint density at radius 1 is 0.862 bits per heavy atom. The average molecular weight is 418 g/mol. The number of thiophene rings is 1. The molecule has 0 aliphatic carbocycles. The zero-order chi connectivity index (χ0) is 19.8. The molecule has 0 fully saturated rings. The van der Waals surface area contributed by atoms with Crippen LogP contribution in [0.15, 0.2) is 100 Å². The van der Waals surface area contributed by atoms with Gasteiger partial charge in [0.05, 0.1) is 21.7 Å². The lowest BCUT2D eigenvalue weighted by molar-refractivity contribution is 0.595. The van der Waals surface area contributed by atoms with Crippen LogP contribution >= 0.6 is 11.3 Å². The second kappa shape index (κ2) is 6.95. The molecule has 5 nitrogen and oxygen atoms in total. The largest absolute Gasteiger partial charge is 0.236 e. The van der Waals surface area contributed by atoms with Crippen molar-refractivity contribution in [2.45, 2.75) is 9.79 Å². The van der Waals surface area contributed by atoms with E-state index in [-0.39, 0.29) is 9.79 Å². The number of hydrogen-bond acceptors (Lipinski definition) is 5. The van der Waals surface area contributed by atoms with Gasteiger partial charge in [-0.05, 0) is 23.6 Å². The van der Waals surface area contributed by atoms with E-state index >= 15 is 0 Å². The molecule has 0 spiro atoms. The van der Waals surface area contributed by atoms with Crippen molar-refractivity contribution in [1.29, 1.82) is 0 Å². The standard InChI is InChI=1S/C22H15N3O2S2/c26-29(27,17-10-5-2-6-11-17)20-15-23-21-14-18(16-8-3-1-4-9-16)24-25(21)22(20)19-12-7-13-28-19/h1-15H. The molecule has 2 aromatic carbocycles. The zero-order valence-corrected chi connectivity index (χ0v) is 16.8. The first-order chi connectivity index (χ1) is 14.1. The molecule has 3 heterocycles. The van der Waals surface area contributed by atoms with E-state index in [9.17, 15) is 8.42 Å². The van der Waals surface area contributed by atoms with Crippen LogP contribution in [0.3, 0.4) is 0 Å². The van der Waals surface area contributed by atoms with Gasteiger partial charge in [-0.3, -0.25) is 0 Å². The molecule has 29 heavy (non-hydrogen) atoms. The summed E-state index contributed by atoms with van der Waals surface area (Å²) < 4.78 is 28.4. The van der Waals surface area contributed by atoms with Gasteiger partial charge in [0.25, 0.3) is 0 Å². The summed E-state index contributed by atoms with van der Waals surface area (Å²) in [6.07, 6.45) is 1.43. The second-order valence-corrected chi connectivity index (χ2v) is 9.30. The van der Waals surface area contributed by atoms with Gasteiger partial charge in [0.1, 0.15) is 10.6 Å². The maximum atomic E-state index is 13.4. The summed E-state index contributed by atoms with van der Waals surface area (Å²) in [5.41, 5.74) is 2.81. The van der Waals surface area contributed by atoms with Crippen LogP contribution in [0.5, 0.6) is 0 Å². The highest BCUT2D eigenvalue weighted by Crippen LogP contribution is 2.34. The predicted molar refractivity (Wildman–Crippen MR) is 114 cm³/mol. The van der Waals surface area contributed by atoms with E-state index in [0.29, 0.717) is 11.3 Å². The molecule has 5 aromatic rings. The van der Waals surface area contributed by atoms with Gasteiger partial charge in [-0.25, -0.2) is 17.9 Å². The topological polar surface area (TPSA) is 64.3 Å². The highest BCUT2D eigenvalue weighted by Gasteiger charge is 2.26. The van der Waals surface area contributed by atoms with Gasteiger partial charge in [-0.1, -0.05) is 54.6 Å². The third-order valence-corrected chi connectivity index (χ3v) is 7.26. The minimum absolute atomic E-state index is 0.140. The fourth-order valence-electron chi connectivity index (χ4n) is 3.23. The van der Waals surface area contributed by atoms with E-state index in [4.69, 9.17) is 5.10 Å². The lowest BCUT2D eigenvalue weighted by Crippen LogP contribution is -2.08. The molecule has 3 aromatic heterocycles. The van der Waals surface area contributed by atoms with Crippen molar-refractivity contribution in [3.05, 3.63) is 90.4 Å². The quantitative estimate of drug-likeness (QED) is 0.415. The van der Waals surface area contributed by atoms with Crippen molar-refractivity contribution >= 4 is 26.8 Å². The summed E-state index contributed by atoms with van der Waals surface area (Å²) in [5.74, 6) is 0. The zero-order valence-electron chi connectivity index (χ0n) is 15.1. The van der Waals surface area contributed by atoms with Gasteiger partial charge in [0.2, 0.25) is 9.84 Å². The summed E-state index contributed by atoms with van der Waals surface area (Å²) in [4.78, 5) is 5.60. The molecule has 0 amide bonds. The number of rotatable bonds is 4. The normalized spacial score (nSPS) is 11.7. The molecule has 0 aliphatic heterocycles. The van der Waals surface area contributed by atoms with Crippen LogP contribution in [-0.2, 0) is 9.84 Å². The molecule has 7 heteroatoms. The highest BCUT2D eigenvalue weighted by atomic mass is 32.2. The number of hydrogen-bond donors (Lipinski definition) is 0. The number of benzene rings is 2. The minimum Gasteiger partial charge on any atom is -0.236 e. The summed E-state index contributed by atoms with van der Waals surface area (Å²) in [5, 5.41) is 6.62. The minimum atomic E-state index is -3.76. The summed E-state index contributed by atoms with van der Waals surface area (Å²) in [7, 11) is -3.76. The first-order valence-corrected chi connectivity index (χ1v) is 11.3. The SMILES string of the molecule is O=S(=O)(c1ccccc1)c1cnc2cc(-c3ccccc3)nn2c1-c1cccs1. The smallest absolute Gasteiger partial charge is 0.210 e. The third-order valence-electron chi connectivity index (χ3n) is 4.62. The Morgan fingerprint density at radius 3 is 2.28 bits per heavy atom. The predicted octanol–water partition coefficient (Wildman–Crippen LogP) is 4.96. The van der Waals surface area contributed by atoms with E-state index in [2.05, 4.69) is 4.98 Å². The maximum Gasteiger partial charge on any atom is 0.210 e. The highest BCUT2D eigenvalue weighted by molar-refractivity contribution is 7.91. The lowest BCUT2D eigenvalue weighted by Gasteiger charge is -2.11. The van der Waals surface area contributed by atoms with Gasteiger partial charge in [-0.15, -0.1) is 11.3 Å². The monoisotopic (exact) mass is 417 g/mol. The van der Waals surface area contributed by atoms with Gasteiger partial charge >= 0.3 is 0 Å². The van der Waals surface area contributed by atoms with Crippen molar-refractivity contribution in [1.82, 2.24) is 14.6 Å². The third kappa shape index (κ3) is 3.04. The first-order valence-electron chi connectivity index (χ1n) is 8.93. The molecular formula is C22H15N3O2S2. The Balaban J connectivity index is 1.81. The Morgan fingerprint density at radius 2 is 1.59 bits per heavy atom. The molecule has 5 rings (SSSR count). The van der Waals surface area contributed by atoms with Crippen molar-refractivity contribution in [3.63, 3.8) is 0 Å². The van der Waals surface area contributed by atoms with E-state index in [0.717, 1.165) is 16.1 Å². The van der Waals surface area contributed by atoms with Gasteiger partial charge in [0.15, 0.2) is 5.65 Å².